The number of alkyl carbamates (subject to hydrolysis) is 2. The van der Waals surface area contributed by atoms with Gasteiger partial charge in [-0.15, -0.1) is 0 Å². The number of ether oxygens (including phenoxy) is 2. The summed E-state index contributed by atoms with van der Waals surface area (Å²) in [6.07, 6.45) is 3.98. The van der Waals surface area contributed by atoms with E-state index in [0.717, 1.165) is 32.1 Å². The van der Waals surface area contributed by atoms with E-state index in [2.05, 4.69) is 35.1 Å². The molecule has 1 saturated heterocycles. The van der Waals surface area contributed by atoms with Crippen LogP contribution in [0.3, 0.4) is 0 Å². The second-order valence-corrected chi connectivity index (χ2v) is 15.8. The van der Waals surface area contributed by atoms with Crippen molar-refractivity contribution in [3.63, 3.8) is 0 Å². The number of fused-ring (bicyclic) bond motifs is 1. The molecule has 2 saturated carbocycles. The van der Waals surface area contributed by atoms with Crippen molar-refractivity contribution in [2.45, 2.75) is 137 Å². The number of hydrogen-bond acceptors (Lipinski definition) is 8. The molecule has 0 aromatic rings. The summed E-state index contributed by atoms with van der Waals surface area (Å²) in [5.74, 6) is -2.59. The van der Waals surface area contributed by atoms with Crippen molar-refractivity contribution in [3.8, 4) is 0 Å². The van der Waals surface area contributed by atoms with Gasteiger partial charge in [-0.2, -0.15) is 0 Å². The lowest BCUT2D eigenvalue weighted by Gasteiger charge is -2.37. The first-order valence-corrected chi connectivity index (χ1v) is 17.2. The number of amides is 5. The normalized spacial score (nSPS) is 23.4. The molecule has 13 heteroatoms. The largest absolute Gasteiger partial charge is 0.444 e. The Hall–Kier alpha value is -3.38. The first-order valence-electron chi connectivity index (χ1n) is 17.2. The monoisotopic (exact) mass is 663 g/mol. The molecule has 0 aromatic carbocycles. The van der Waals surface area contributed by atoms with Crippen LogP contribution in [0.25, 0.3) is 0 Å². The van der Waals surface area contributed by atoms with Crippen LogP contribution in [0.2, 0.25) is 0 Å². The summed E-state index contributed by atoms with van der Waals surface area (Å²) in [5.41, 5.74) is -1.59. The topological polar surface area (TPSA) is 172 Å². The Labute approximate surface area is 279 Å². The lowest BCUT2D eigenvalue weighted by atomic mass is 9.83. The van der Waals surface area contributed by atoms with E-state index in [-0.39, 0.29) is 48.6 Å². The van der Waals surface area contributed by atoms with E-state index >= 15 is 0 Å². The second kappa shape index (κ2) is 15.2. The van der Waals surface area contributed by atoms with Crippen LogP contribution in [0.15, 0.2) is 0 Å². The van der Waals surface area contributed by atoms with Crippen molar-refractivity contribution in [1.29, 1.82) is 0 Å². The molecule has 2 unspecified atom stereocenters. The molecule has 266 valence electrons. The Kier molecular flexibility index (Phi) is 12.3. The molecule has 0 bridgehead atoms. The summed E-state index contributed by atoms with van der Waals surface area (Å²) >= 11 is 0. The van der Waals surface area contributed by atoms with Crippen molar-refractivity contribution in [1.82, 2.24) is 26.2 Å². The van der Waals surface area contributed by atoms with E-state index in [1.54, 1.807) is 46.4 Å². The van der Waals surface area contributed by atoms with Gasteiger partial charge < -0.3 is 35.6 Å². The minimum atomic E-state index is -1.08. The number of ketones is 1. The number of nitrogens with zero attached hydrogens (tertiary/aromatic N) is 1. The smallest absolute Gasteiger partial charge is 0.408 e. The van der Waals surface area contributed by atoms with Crippen LogP contribution < -0.4 is 21.3 Å². The lowest BCUT2D eigenvalue weighted by molar-refractivity contribution is -0.145. The SMILES string of the molecule is CCCC(NC(=O)[C@@H]1[C@@H]2[C@H](CN1C(=O)C(NC(=O)OC(C)(C)C)C1CCCCC1)C2(C)C)C(=O)C(=O)NCCNC(=O)OC(C)(C)C. The first kappa shape index (κ1) is 38.1. The van der Waals surface area contributed by atoms with Gasteiger partial charge in [0.05, 0.1) is 6.04 Å². The summed E-state index contributed by atoms with van der Waals surface area (Å²) in [4.78, 5) is 80.5. The number of nitrogens with one attached hydrogen (secondary N) is 4. The quantitative estimate of drug-likeness (QED) is 0.182. The summed E-state index contributed by atoms with van der Waals surface area (Å²) in [6.45, 7) is 16.9. The van der Waals surface area contributed by atoms with Gasteiger partial charge in [0.1, 0.15) is 23.3 Å². The molecule has 1 aliphatic heterocycles. The van der Waals surface area contributed by atoms with Gasteiger partial charge in [0.25, 0.3) is 5.91 Å². The van der Waals surface area contributed by atoms with Crippen molar-refractivity contribution in [2.24, 2.45) is 23.2 Å². The standard InChI is InChI=1S/C34H57N5O8/c1-10-14-22(26(40)28(42)35-17-18-36-30(44)46-32(2,3)4)37-27(41)25-23-21(34(23,8)9)19-39(25)29(43)24(20-15-12-11-13-16-20)38-31(45)47-33(5,6)7/h20-25H,10-19H2,1-9H3,(H,35,42)(H,36,44)(H,37,41)(H,38,45)/t21-,22?,23-,24?,25-/m0/s1. The van der Waals surface area contributed by atoms with E-state index in [1.165, 1.54) is 0 Å². The highest BCUT2D eigenvalue weighted by atomic mass is 16.6. The van der Waals surface area contributed by atoms with Crippen LogP contribution in [0, 0.1) is 23.2 Å². The fraction of sp³-hybridized carbons (Fsp3) is 0.824. The summed E-state index contributed by atoms with van der Waals surface area (Å²) in [7, 11) is 0. The number of hydrogen-bond donors (Lipinski definition) is 4. The van der Waals surface area contributed by atoms with Gasteiger partial charge in [-0.3, -0.25) is 19.2 Å². The zero-order chi connectivity index (χ0) is 35.3. The van der Waals surface area contributed by atoms with Crippen LogP contribution >= 0.6 is 0 Å². The fourth-order valence-corrected chi connectivity index (χ4v) is 6.99. The average Bonchev–Trinajstić information content (AvgIpc) is 3.26. The van der Waals surface area contributed by atoms with Gasteiger partial charge in [-0.05, 0) is 84.0 Å². The number of rotatable bonds is 12. The van der Waals surface area contributed by atoms with E-state index in [0.29, 0.717) is 13.0 Å². The zero-order valence-electron chi connectivity index (χ0n) is 29.7. The molecule has 4 N–H and O–H groups in total. The molecule has 3 aliphatic rings. The average molecular weight is 664 g/mol. The highest BCUT2D eigenvalue weighted by molar-refractivity contribution is 6.38. The van der Waals surface area contributed by atoms with Gasteiger partial charge in [0, 0.05) is 19.6 Å². The van der Waals surface area contributed by atoms with Crippen molar-refractivity contribution in [3.05, 3.63) is 0 Å². The van der Waals surface area contributed by atoms with Crippen LogP contribution in [0.4, 0.5) is 9.59 Å². The number of carbonyl (C=O) groups excluding carboxylic acids is 6. The van der Waals surface area contributed by atoms with Gasteiger partial charge in [0.15, 0.2) is 0 Å². The third-order valence-corrected chi connectivity index (χ3v) is 9.33. The van der Waals surface area contributed by atoms with Gasteiger partial charge in [0.2, 0.25) is 17.6 Å². The summed E-state index contributed by atoms with van der Waals surface area (Å²) in [5, 5.41) is 10.7. The molecular weight excluding hydrogens is 606 g/mol. The van der Waals surface area contributed by atoms with E-state index < -0.39 is 59.1 Å². The highest BCUT2D eigenvalue weighted by Gasteiger charge is 2.69. The Balaban J connectivity index is 1.71. The number of Topliss-reactive ketones (excluding diaryl/α,β-unsaturated/α-hetero) is 1. The van der Waals surface area contributed by atoms with E-state index in [1.807, 2.05) is 6.92 Å². The molecule has 1 heterocycles. The van der Waals surface area contributed by atoms with Gasteiger partial charge in [-0.25, -0.2) is 9.59 Å². The van der Waals surface area contributed by atoms with E-state index in [9.17, 15) is 28.8 Å². The number of piperidine rings is 1. The summed E-state index contributed by atoms with van der Waals surface area (Å²) in [6, 6.07) is -2.77. The molecule has 3 rings (SSSR count). The minimum absolute atomic E-state index is 0.00728. The lowest BCUT2D eigenvalue weighted by Crippen LogP contribution is -2.60. The van der Waals surface area contributed by atoms with Gasteiger partial charge in [-0.1, -0.05) is 46.5 Å². The molecule has 5 atom stereocenters. The second-order valence-electron chi connectivity index (χ2n) is 15.8. The maximum absolute atomic E-state index is 14.3. The molecule has 3 fully saturated rings. The fourth-order valence-electron chi connectivity index (χ4n) is 6.99. The predicted molar refractivity (Wildman–Crippen MR) is 175 cm³/mol. The highest BCUT2D eigenvalue weighted by Crippen LogP contribution is 2.65. The Morgan fingerprint density at radius 3 is 1.98 bits per heavy atom. The van der Waals surface area contributed by atoms with Crippen LogP contribution in [-0.4, -0.2) is 89.6 Å². The molecule has 5 amide bonds. The van der Waals surface area contributed by atoms with Gasteiger partial charge >= 0.3 is 12.2 Å². The zero-order valence-corrected chi connectivity index (χ0v) is 29.7. The van der Waals surface area contributed by atoms with Crippen molar-refractivity contribution < 1.29 is 38.2 Å². The Morgan fingerprint density at radius 2 is 1.40 bits per heavy atom. The van der Waals surface area contributed by atoms with Crippen molar-refractivity contribution in [2.75, 3.05) is 19.6 Å². The molecular formula is C34H57N5O8. The third kappa shape index (κ3) is 10.3. The first-order chi connectivity index (χ1) is 21.8. The van der Waals surface area contributed by atoms with Crippen LogP contribution in [0.5, 0.6) is 0 Å². The van der Waals surface area contributed by atoms with Crippen LogP contribution in [-0.2, 0) is 28.7 Å². The predicted octanol–water partition coefficient (Wildman–Crippen LogP) is 3.44. The molecule has 13 nitrogen and oxygen atoms in total. The molecule has 0 aromatic heterocycles. The summed E-state index contributed by atoms with van der Waals surface area (Å²) < 4.78 is 10.7. The molecule has 0 radical (unpaired) electrons. The molecule has 0 spiro atoms. The van der Waals surface area contributed by atoms with Crippen LogP contribution in [0.1, 0.15) is 107 Å². The maximum atomic E-state index is 14.3. The Morgan fingerprint density at radius 1 is 0.830 bits per heavy atom. The Bertz CT molecular complexity index is 1180. The number of likely N-dealkylation sites (tertiary alicyclic amines) is 1. The van der Waals surface area contributed by atoms with E-state index in [4.69, 9.17) is 9.47 Å². The maximum Gasteiger partial charge on any atom is 0.408 e. The minimum Gasteiger partial charge on any atom is -0.444 e. The van der Waals surface area contributed by atoms with Crippen molar-refractivity contribution >= 4 is 35.7 Å². The molecule has 47 heavy (non-hydrogen) atoms. The number of carbonyl (C=O) groups is 6. The molecule has 2 aliphatic carbocycles. The third-order valence-electron chi connectivity index (χ3n) is 9.33.